The van der Waals surface area contributed by atoms with Gasteiger partial charge in [0.15, 0.2) is 0 Å². The lowest BCUT2D eigenvalue weighted by Gasteiger charge is -2.15. The Labute approximate surface area is 91.4 Å². The average molecular weight is 233 g/mol. The van der Waals surface area contributed by atoms with Gasteiger partial charge < -0.3 is 5.73 Å². The van der Waals surface area contributed by atoms with Crippen LogP contribution in [-0.4, -0.2) is 17.5 Å². The fourth-order valence-electron chi connectivity index (χ4n) is 1.84. The number of aryl methyl sites for hydroxylation is 1. The Balaban J connectivity index is 2.46. The molecular formula is C10H11ClF2N2. The van der Waals surface area contributed by atoms with Gasteiger partial charge in [0.05, 0.1) is 5.41 Å². The molecule has 15 heavy (non-hydrogen) atoms. The SMILES string of the molecule is Cc1ccc(C2(CN)CC2(F)F)c(Cl)n1. The minimum atomic E-state index is -2.75. The van der Waals surface area contributed by atoms with Crippen molar-refractivity contribution in [3.8, 4) is 0 Å². The summed E-state index contributed by atoms with van der Waals surface area (Å²) in [5.74, 6) is -2.75. The molecule has 0 amide bonds. The zero-order valence-corrected chi connectivity index (χ0v) is 8.98. The third-order valence-electron chi connectivity index (χ3n) is 2.95. The van der Waals surface area contributed by atoms with Crippen LogP contribution in [0.3, 0.4) is 0 Å². The van der Waals surface area contributed by atoms with E-state index in [1.54, 1.807) is 19.1 Å². The maximum Gasteiger partial charge on any atom is 0.260 e. The third kappa shape index (κ3) is 1.43. The fraction of sp³-hybridized carbons (Fsp3) is 0.500. The maximum atomic E-state index is 13.3. The fourth-order valence-corrected chi connectivity index (χ4v) is 2.22. The van der Waals surface area contributed by atoms with Crippen molar-refractivity contribution in [3.63, 3.8) is 0 Å². The predicted molar refractivity (Wildman–Crippen MR) is 54.3 cm³/mol. The van der Waals surface area contributed by atoms with Gasteiger partial charge in [0.1, 0.15) is 5.15 Å². The van der Waals surface area contributed by atoms with Gasteiger partial charge >= 0.3 is 0 Å². The first-order valence-electron chi connectivity index (χ1n) is 4.64. The van der Waals surface area contributed by atoms with Gasteiger partial charge in [-0.05, 0) is 13.0 Å². The van der Waals surface area contributed by atoms with Crippen LogP contribution in [0.25, 0.3) is 0 Å². The summed E-state index contributed by atoms with van der Waals surface area (Å²) < 4.78 is 26.5. The average Bonchev–Trinajstić information content (AvgIpc) is 2.69. The van der Waals surface area contributed by atoms with Crippen LogP contribution in [0.5, 0.6) is 0 Å². The van der Waals surface area contributed by atoms with E-state index in [0.29, 0.717) is 11.3 Å². The van der Waals surface area contributed by atoms with Crippen molar-refractivity contribution in [1.82, 2.24) is 4.98 Å². The van der Waals surface area contributed by atoms with Gasteiger partial charge in [0.2, 0.25) is 0 Å². The predicted octanol–water partition coefficient (Wildman–Crippen LogP) is 2.28. The van der Waals surface area contributed by atoms with E-state index in [0.717, 1.165) is 0 Å². The normalized spacial score (nSPS) is 27.8. The Hall–Kier alpha value is -0.740. The molecule has 0 aliphatic heterocycles. The number of rotatable bonds is 2. The van der Waals surface area contributed by atoms with E-state index in [4.69, 9.17) is 17.3 Å². The first-order valence-corrected chi connectivity index (χ1v) is 5.02. The molecule has 1 aromatic rings. The van der Waals surface area contributed by atoms with E-state index in [1.807, 2.05) is 0 Å². The second-order valence-electron chi connectivity index (χ2n) is 3.96. The zero-order valence-electron chi connectivity index (χ0n) is 8.23. The van der Waals surface area contributed by atoms with E-state index in [2.05, 4.69) is 4.98 Å². The van der Waals surface area contributed by atoms with Crippen LogP contribution in [-0.2, 0) is 5.41 Å². The van der Waals surface area contributed by atoms with E-state index in [-0.39, 0.29) is 18.1 Å². The molecule has 2 N–H and O–H groups in total. The number of nitrogens with zero attached hydrogens (tertiary/aromatic N) is 1. The molecule has 5 heteroatoms. The van der Waals surface area contributed by atoms with Crippen molar-refractivity contribution < 1.29 is 8.78 Å². The van der Waals surface area contributed by atoms with Crippen molar-refractivity contribution in [2.45, 2.75) is 24.7 Å². The summed E-state index contributed by atoms with van der Waals surface area (Å²) in [6.07, 6.45) is -0.235. The summed E-state index contributed by atoms with van der Waals surface area (Å²) in [6, 6.07) is 3.27. The van der Waals surface area contributed by atoms with E-state index < -0.39 is 11.3 Å². The van der Waals surface area contributed by atoms with Crippen LogP contribution in [0.1, 0.15) is 17.7 Å². The van der Waals surface area contributed by atoms with Gasteiger partial charge in [-0.3, -0.25) is 0 Å². The van der Waals surface area contributed by atoms with Crippen LogP contribution < -0.4 is 5.73 Å². The van der Waals surface area contributed by atoms with Crippen molar-refractivity contribution in [1.29, 1.82) is 0 Å². The van der Waals surface area contributed by atoms with E-state index in [1.165, 1.54) is 0 Å². The number of alkyl halides is 2. The molecule has 82 valence electrons. The molecule has 1 aliphatic carbocycles. The zero-order chi connectivity index (χ0) is 11.3. The van der Waals surface area contributed by atoms with Gasteiger partial charge in [-0.2, -0.15) is 0 Å². The number of aromatic nitrogens is 1. The maximum absolute atomic E-state index is 13.3. The largest absolute Gasteiger partial charge is 0.329 e. The lowest BCUT2D eigenvalue weighted by molar-refractivity contribution is 0.0895. The molecule has 1 saturated carbocycles. The Morgan fingerprint density at radius 1 is 1.53 bits per heavy atom. The minimum absolute atomic E-state index is 0.107. The molecular weight excluding hydrogens is 222 g/mol. The molecule has 0 radical (unpaired) electrons. The van der Waals surface area contributed by atoms with Crippen molar-refractivity contribution in [3.05, 3.63) is 28.5 Å². The highest BCUT2D eigenvalue weighted by molar-refractivity contribution is 6.30. The molecule has 1 fully saturated rings. The summed E-state index contributed by atoms with van der Waals surface area (Å²) in [7, 11) is 0. The third-order valence-corrected chi connectivity index (χ3v) is 3.24. The van der Waals surface area contributed by atoms with Crippen LogP contribution in [0.15, 0.2) is 12.1 Å². The second-order valence-corrected chi connectivity index (χ2v) is 4.32. The van der Waals surface area contributed by atoms with Crippen LogP contribution in [0, 0.1) is 6.92 Å². The summed E-state index contributed by atoms with van der Waals surface area (Å²) in [4.78, 5) is 3.97. The van der Waals surface area contributed by atoms with E-state index >= 15 is 0 Å². The minimum Gasteiger partial charge on any atom is -0.329 e. The van der Waals surface area contributed by atoms with Gasteiger partial charge in [0.25, 0.3) is 5.92 Å². The van der Waals surface area contributed by atoms with Crippen LogP contribution in [0.4, 0.5) is 8.78 Å². The number of nitrogens with two attached hydrogens (primary N) is 1. The Bertz CT molecular complexity index is 408. The highest BCUT2D eigenvalue weighted by Gasteiger charge is 2.71. The number of pyridine rings is 1. The monoisotopic (exact) mass is 232 g/mol. The summed E-state index contributed by atoms with van der Waals surface area (Å²) in [5, 5.41) is 0.137. The van der Waals surface area contributed by atoms with Crippen LogP contribution in [0.2, 0.25) is 5.15 Å². The van der Waals surface area contributed by atoms with Gasteiger partial charge in [-0.15, -0.1) is 0 Å². The number of hydrogen-bond donors (Lipinski definition) is 1. The molecule has 2 rings (SSSR count). The smallest absolute Gasteiger partial charge is 0.260 e. The highest BCUT2D eigenvalue weighted by Crippen LogP contribution is 2.61. The van der Waals surface area contributed by atoms with Crippen molar-refractivity contribution in [2.24, 2.45) is 5.73 Å². The summed E-state index contributed by atoms with van der Waals surface area (Å²) in [5.41, 5.74) is 5.20. The van der Waals surface area contributed by atoms with Crippen molar-refractivity contribution in [2.75, 3.05) is 6.54 Å². The standard InChI is InChI=1S/C10H11ClF2N2/c1-6-2-3-7(8(11)15-6)9(5-14)4-10(9,12)13/h2-3H,4-5,14H2,1H3. The van der Waals surface area contributed by atoms with Gasteiger partial charge in [0, 0.05) is 24.2 Å². The Morgan fingerprint density at radius 3 is 2.53 bits per heavy atom. The van der Waals surface area contributed by atoms with Gasteiger partial charge in [-0.25, -0.2) is 13.8 Å². The van der Waals surface area contributed by atoms with Crippen LogP contribution >= 0.6 is 11.6 Å². The molecule has 1 heterocycles. The Morgan fingerprint density at radius 2 is 2.13 bits per heavy atom. The highest BCUT2D eigenvalue weighted by atomic mass is 35.5. The number of hydrogen-bond acceptors (Lipinski definition) is 2. The number of halogens is 3. The molecule has 0 bridgehead atoms. The molecule has 1 aromatic heterocycles. The summed E-state index contributed by atoms with van der Waals surface area (Å²) in [6.45, 7) is 1.65. The second kappa shape index (κ2) is 3.12. The summed E-state index contributed by atoms with van der Waals surface area (Å²) >= 11 is 5.86. The molecule has 0 aromatic carbocycles. The van der Waals surface area contributed by atoms with Gasteiger partial charge in [-0.1, -0.05) is 17.7 Å². The quantitative estimate of drug-likeness (QED) is 0.795. The lowest BCUT2D eigenvalue weighted by Crippen LogP contribution is -2.27. The first-order chi connectivity index (χ1) is 6.93. The molecule has 1 unspecified atom stereocenters. The topological polar surface area (TPSA) is 38.9 Å². The molecule has 1 aliphatic rings. The Kier molecular flexibility index (Phi) is 2.24. The lowest BCUT2D eigenvalue weighted by atomic mass is 9.97. The van der Waals surface area contributed by atoms with Crippen molar-refractivity contribution >= 4 is 11.6 Å². The molecule has 0 spiro atoms. The molecule has 1 atom stereocenters. The molecule has 2 nitrogen and oxygen atoms in total. The first kappa shape index (κ1) is 10.8. The van der Waals surface area contributed by atoms with E-state index in [9.17, 15) is 8.78 Å². The molecule has 0 saturated heterocycles.